The molecule has 7 heteroatoms. The maximum absolute atomic E-state index is 12.1. The lowest BCUT2D eigenvalue weighted by Crippen LogP contribution is -2.49. The fourth-order valence-corrected chi connectivity index (χ4v) is 2.06. The lowest BCUT2D eigenvalue weighted by molar-refractivity contribution is -0.142. The third-order valence-corrected chi connectivity index (χ3v) is 3.43. The van der Waals surface area contributed by atoms with Crippen molar-refractivity contribution in [2.24, 2.45) is 0 Å². The number of aliphatic hydroxyl groups excluding tert-OH is 1. The summed E-state index contributed by atoms with van der Waals surface area (Å²) in [4.78, 5) is 35.9. The normalized spacial score (nSPS) is 12.5. The average Bonchev–Trinajstić information content (AvgIpc) is 2.65. The third kappa shape index (κ3) is 5.71. The molecule has 1 amide bonds. The van der Waals surface area contributed by atoms with Crippen LogP contribution in [-0.2, 0) is 20.9 Å². The quantitative estimate of drug-likeness (QED) is 0.606. The molecule has 0 unspecified atom stereocenters. The van der Waals surface area contributed by atoms with Crippen LogP contribution in [0, 0.1) is 0 Å². The highest BCUT2D eigenvalue weighted by Crippen LogP contribution is 2.06. The zero-order valence-corrected chi connectivity index (χ0v) is 14.1. The van der Waals surface area contributed by atoms with Crippen LogP contribution in [0.3, 0.4) is 0 Å². The van der Waals surface area contributed by atoms with E-state index in [1.54, 1.807) is 42.5 Å². The number of ether oxygens (including phenoxy) is 2. The van der Waals surface area contributed by atoms with Crippen LogP contribution >= 0.6 is 0 Å². The van der Waals surface area contributed by atoms with Gasteiger partial charge in [0.25, 0.3) is 0 Å². The second kappa shape index (κ2) is 9.33. The van der Waals surface area contributed by atoms with Crippen molar-refractivity contribution in [2.45, 2.75) is 25.7 Å². The van der Waals surface area contributed by atoms with Gasteiger partial charge in [-0.1, -0.05) is 48.5 Å². The van der Waals surface area contributed by atoms with Gasteiger partial charge in [0.15, 0.2) is 6.04 Å². The molecular formula is C19H19NO6. The number of carbonyl (C=O) groups excluding carboxylic acids is 3. The minimum absolute atomic E-state index is 0.00278. The Labute approximate surface area is 150 Å². The monoisotopic (exact) mass is 357 g/mol. The van der Waals surface area contributed by atoms with E-state index in [0.717, 1.165) is 5.56 Å². The molecule has 2 N–H and O–H groups in total. The van der Waals surface area contributed by atoms with E-state index in [0.29, 0.717) is 0 Å². The topological polar surface area (TPSA) is 102 Å². The summed E-state index contributed by atoms with van der Waals surface area (Å²) in [7, 11) is 0. The van der Waals surface area contributed by atoms with E-state index in [-0.39, 0.29) is 12.2 Å². The first kappa shape index (κ1) is 19.1. The van der Waals surface area contributed by atoms with Crippen molar-refractivity contribution < 1.29 is 29.0 Å². The SMILES string of the molecule is C[C@@H](O)[C@H](NC(=O)OCc1ccccc1)C(=O)OC(=O)c1ccccc1. The Morgan fingerprint density at radius 1 is 1.00 bits per heavy atom. The lowest BCUT2D eigenvalue weighted by atomic mass is 10.2. The van der Waals surface area contributed by atoms with Crippen LogP contribution in [0.1, 0.15) is 22.8 Å². The van der Waals surface area contributed by atoms with Crippen LogP contribution in [0.2, 0.25) is 0 Å². The summed E-state index contributed by atoms with van der Waals surface area (Å²) in [6.07, 6.45) is -2.20. The van der Waals surface area contributed by atoms with Crippen LogP contribution in [0.15, 0.2) is 60.7 Å². The second-order valence-electron chi connectivity index (χ2n) is 5.50. The Kier molecular flexibility index (Phi) is 6.87. The maximum atomic E-state index is 12.1. The molecule has 0 fully saturated rings. The largest absolute Gasteiger partial charge is 0.445 e. The summed E-state index contributed by atoms with van der Waals surface area (Å²) >= 11 is 0. The summed E-state index contributed by atoms with van der Waals surface area (Å²) in [5.41, 5.74) is 0.940. The van der Waals surface area contributed by atoms with E-state index in [1.807, 2.05) is 6.07 Å². The molecule has 7 nitrogen and oxygen atoms in total. The van der Waals surface area contributed by atoms with Crippen molar-refractivity contribution in [3.05, 3.63) is 71.8 Å². The van der Waals surface area contributed by atoms with Gasteiger partial charge in [-0.3, -0.25) is 0 Å². The Balaban J connectivity index is 1.91. The van der Waals surface area contributed by atoms with Crippen LogP contribution < -0.4 is 5.32 Å². The number of benzene rings is 2. The van der Waals surface area contributed by atoms with Crippen molar-refractivity contribution in [3.63, 3.8) is 0 Å². The first-order valence-corrected chi connectivity index (χ1v) is 7.93. The van der Waals surface area contributed by atoms with Gasteiger partial charge in [0.1, 0.15) is 6.61 Å². The van der Waals surface area contributed by atoms with Gasteiger partial charge < -0.3 is 19.9 Å². The molecule has 0 heterocycles. The van der Waals surface area contributed by atoms with Crippen molar-refractivity contribution in [2.75, 3.05) is 0 Å². The molecule has 2 atom stereocenters. The summed E-state index contributed by atoms with van der Waals surface area (Å²) in [5.74, 6) is -1.95. The predicted molar refractivity (Wildman–Crippen MR) is 92.1 cm³/mol. The van der Waals surface area contributed by atoms with Crippen LogP contribution in [0.4, 0.5) is 4.79 Å². The average molecular weight is 357 g/mol. The van der Waals surface area contributed by atoms with Crippen LogP contribution in [-0.4, -0.2) is 35.3 Å². The van der Waals surface area contributed by atoms with E-state index in [2.05, 4.69) is 5.32 Å². The molecule has 0 saturated heterocycles. The van der Waals surface area contributed by atoms with Crippen LogP contribution in [0.25, 0.3) is 0 Å². The minimum atomic E-state index is -1.44. The Bertz CT molecular complexity index is 745. The van der Waals surface area contributed by atoms with Crippen molar-refractivity contribution in [3.8, 4) is 0 Å². The molecule has 0 saturated carbocycles. The highest BCUT2D eigenvalue weighted by molar-refractivity contribution is 5.98. The van der Waals surface area contributed by atoms with Gasteiger partial charge >= 0.3 is 18.0 Å². The van der Waals surface area contributed by atoms with Crippen molar-refractivity contribution >= 4 is 18.0 Å². The van der Waals surface area contributed by atoms with Gasteiger partial charge in [-0.15, -0.1) is 0 Å². The fraction of sp³-hybridized carbons (Fsp3) is 0.211. The molecule has 0 aliphatic rings. The summed E-state index contributed by atoms with van der Waals surface area (Å²) < 4.78 is 9.71. The number of amides is 1. The molecule has 26 heavy (non-hydrogen) atoms. The van der Waals surface area contributed by atoms with E-state index in [4.69, 9.17) is 9.47 Å². The van der Waals surface area contributed by atoms with Gasteiger partial charge in [0.2, 0.25) is 0 Å². The summed E-state index contributed by atoms with van der Waals surface area (Å²) in [6.45, 7) is 1.29. The van der Waals surface area contributed by atoms with Gasteiger partial charge in [-0.25, -0.2) is 14.4 Å². The number of alkyl carbamates (subject to hydrolysis) is 1. The number of esters is 2. The Hall–Kier alpha value is -3.19. The zero-order chi connectivity index (χ0) is 18.9. The molecule has 136 valence electrons. The number of aliphatic hydroxyl groups is 1. The van der Waals surface area contributed by atoms with Gasteiger partial charge in [0.05, 0.1) is 11.7 Å². The van der Waals surface area contributed by atoms with E-state index < -0.39 is 30.2 Å². The molecule has 2 aromatic carbocycles. The molecule has 0 aliphatic carbocycles. The molecule has 2 rings (SSSR count). The van der Waals surface area contributed by atoms with Gasteiger partial charge in [-0.05, 0) is 24.6 Å². The highest BCUT2D eigenvalue weighted by Gasteiger charge is 2.30. The van der Waals surface area contributed by atoms with Crippen LogP contribution in [0.5, 0.6) is 0 Å². The summed E-state index contributed by atoms with van der Waals surface area (Å²) in [6, 6.07) is 15.4. The first-order chi connectivity index (χ1) is 12.5. The molecule has 0 bridgehead atoms. The van der Waals surface area contributed by atoms with Crippen molar-refractivity contribution in [1.29, 1.82) is 0 Å². The Morgan fingerprint density at radius 2 is 1.58 bits per heavy atom. The standard InChI is InChI=1S/C19H19NO6/c1-13(21)16(18(23)26-17(22)15-10-6-3-7-11-15)20-19(24)25-12-14-8-4-2-5-9-14/h2-11,13,16,21H,12H2,1H3,(H,20,24)/t13-,16+/m1/s1. The number of hydrogen-bond donors (Lipinski definition) is 2. The van der Waals surface area contributed by atoms with Gasteiger partial charge in [-0.2, -0.15) is 0 Å². The molecule has 0 radical (unpaired) electrons. The molecule has 2 aromatic rings. The number of hydrogen-bond acceptors (Lipinski definition) is 6. The zero-order valence-electron chi connectivity index (χ0n) is 14.1. The predicted octanol–water partition coefficient (Wildman–Crippen LogP) is 2.05. The Morgan fingerprint density at radius 3 is 2.15 bits per heavy atom. The number of carbonyl (C=O) groups is 3. The highest BCUT2D eigenvalue weighted by atomic mass is 16.6. The molecular weight excluding hydrogens is 338 g/mol. The third-order valence-electron chi connectivity index (χ3n) is 3.43. The molecule has 0 aliphatic heterocycles. The van der Waals surface area contributed by atoms with Crippen molar-refractivity contribution in [1.82, 2.24) is 5.32 Å². The van der Waals surface area contributed by atoms with Gasteiger partial charge in [0, 0.05) is 0 Å². The minimum Gasteiger partial charge on any atom is -0.445 e. The molecule has 0 spiro atoms. The fourth-order valence-electron chi connectivity index (χ4n) is 2.06. The maximum Gasteiger partial charge on any atom is 0.408 e. The molecule has 0 aromatic heterocycles. The smallest absolute Gasteiger partial charge is 0.408 e. The first-order valence-electron chi connectivity index (χ1n) is 7.93. The lowest BCUT2D eigenvalue weighted by Gasteiger charge is -2.19. The number of nitrogens with one attached hydrogen (secondary N) is 1. The summed E-state index contributed by atoms with van der Waals surface area (Å²) in [5, 5.41) is 11.9. The number of rotatable bonds is 6. The second-order valence-corrected chi connectivity index (χ2v) is 5.50. The van der Waals surface area contributed by atoms with E-state index in [9.17, 15) is 19.5 Å². The van der Waals surface area contributed by atoms with E-state index >= 15 is 0 Å². The van der Waals surface area contributed by atoms with E-state index in [1.165, 1.54) is 19.1 Å².